The fraction of sp³-hybridized carbons (Fsp3) is 0.310. The van der Waals surface area contributed by atoms with Gasteiger partial charge < -0.3 is 19.4 Å². The quantitative estimate of drug-likeness (QED) is 0.435. The molecule has 0 bridgehead atoms. The Morgan fingerprint density at radius 3 is 2.22 bits per heavy atom. The van der Waals surface area contributed by atoms with Crippen LogP contribution < -0.4 is 5.32 Å². The first-order valence-electron chi connectivity index (χ1n) is 12.4. The Bertz CT molecular complexity index is 1300. The molecule has 190 valence electrons. The highest BCUT2D eigenvalue weighted by atomic mass is 19.1. The number of hydrogen-bond donors (Lipinski definition) is 1. The van der Waals surface area contributed by atoms with E-state index in [1.165, 1.54) is 29.5 Å². The second-order valence-corrected chi connectivity index (χ2v) is 10.4. The van der Waals surface area contributed by atoms with E-state index in [1.54, 1.807) is 6.08 Å². The Labute approximate surface area is 217 Å². The average molecular weight is 500 g/mol. The first kappa shape index (κ1) is 25.2. The number of ether oxygens (including phenoxy) is 1. The third-order valence-electron chi connectivity index (χ3n) is 7.41. The van der Waals surface area contributed by atoms with Gasteiger partial charge in [-0.25, -0.2) is 9.18 Å². The third-order valence-corrected chi connectivity index (χ3v) is 7.41. The van der Waals surface area contributed by atoms with Crippen LogP contribution in [0, 0.1) is 5.82 Å². The van der Waals surface area contributed by atoms with Crippen molar-refractivity contribution in [3.63, 3.8) is 0 Å². The molecule has 1 amide bonds. The Kier molecular flexibility index (Phi) is 6.64. The molecule has 6 nitrogen and oxygen atoms in total. The zero-order chi connectivity index (χ0) is 26.2. The van der Waals surface area contributed by atoms with Gasteiger partial charge in [-0.2, -0.15) is 0 Å². The molecule has 2 aliphatic rings. The van der Waals surface area contributed by atoms with Crippen molar-refractivity contribution in [1.29, 1.82) is 0 Å². The fourth-order valence-electron chi connectivity index (χ4n) is 4.71. The van der Waals surface area contributed by atoms with Crippen LogP contribution in [0.4, 0.5) is 9.18 Å². The minimum absolute atomic E-state index is 0.0345. The molecule has 1 saturated heterocycles. The first-order chi connectivity index (χ1) is 17.6. The molecule has 0 radical (unpaired) electrons. The number of aromatic nitrogens is 1. The predicted molar refractivity (Wildman–Crippen MR) is 141 cm³/mol. The van der Waals surface area contributed by atoms with Gasteiger partial charge in [0, 0.05) is 18.7 Å². The van der Waals surface area contributed by atoms with Crippen LogP contribution in [-0.4, -0.2) is 42.5 Å². The summed E-state index contributed by atoms with van der Waals surface area (Å²) in [5.74, 6) is -0.438. The molecule has 0 unspecified atom stereocenters. The summed E-state index contributed by atoms with van der Waals surface area (Å²) in [5.41, 5.74) is 4.48. The van der Waals surface area contributed by atoms with Crippen LogP contribution in [-0.2, 0) is 14.0 Å². The summed E-state index contributed by atoms with van der Waals surface area (Å²) in [4.78, 5) is 17.0. The molecular weight excluding hydrogens is 470 g/mol. The maximum absolute atomic E-state index is 13.8. The number of hydrogen-bond acceptors (Lipinski definition) is 5. The van der Waals surface area contributed by atoms with Gasteiger partial charge in [0.2, 0.25) is 0 Å². The number of alkyl carbamates (subject to hydrolysis) is 1. The number of carbonyl (C=O) groups is 1. The molecule has 37 heavy (non-hydrogen) atoms. The molecule has 0 spiro atoms. The lowest BCUT2D eigenvalue weighted by Gasteiger charge is -2.32. The Morgan fingerprint density at radius 2 is 1.62 bits per heavy atom. The second-order valence-electron chi connectivity index (χ2n) is 10.4. The van der Waals surface area contributed by atoms with Gasteiger partial charge in [0.25, 0.3) is 0 Å². The lowest BCUT2D eigenvalue weighted by Crippen LogP contribution is -2.41. The van der Waals surface area contributed by atoms with Crippen molar-refractivity contribution < 1.29 is 23.2 Å². The van der Waals surface area contributed by atoms with E-state index in [-0.39, 0.29) is 19.1 Å². The first-order valence-corrected chi connectivity index (χ1v) is 12.4. The van der Waals surface area contributed by atoms with E-state index in [2.05, 4.69) is 34.6 Å². The Balaban J connectivity index is 1.29. The van der Waals surface area contributed by atoms with E-state index in [0.29, 0.717) is 11.2 Å². The SMILES string of the molecule is CC1(C)OB(C(=Cc2cc(F)ccn2)CNC(=O)OCC2c3ccccc3-c3ccccc32)OC1(C)C. The number of benzene rings is 2. The molecular formula is C29H30BFN2O4. The fourth-order valence-corrected chi connectivity index (χ4v) is 4.71. The van der Waals surface area contributed by atoms with Crippen LogP contribution >= 0.6 is 0 Å². The van der Waals surface area contributed by atoms with Crippen LogP contribution in [0.15, 0.2) is 72.3 Å². The Morgan fingerprint density at radius 1 is 1.03 bits per heavy atom. The van der Waals surface area contributed by atoms with Crippen LogP contribution in [0.25, 0.3) is 17.2 Å². The van der Waals surface area contributed by atoms with Crippen molar-refractivity contribution in [2.75, 3.05) is 13.2 Å². The average Bonchev–Trinajstić information content (AvgIpc) is 3.29. The molecule has 2 heterocycles. The maximum atomic E-state index is 13.8. The van der Waals surface area contributed by atoms with E-state index in [1.807, 2.05) is 52.0 Å². The van der Waals surface area contributed by atoms with Gasteiger partial charge in [0.05, 0.1) is 16.9 Å². The smallest absolute Gasteiger partial charge is 0.449 e. The van der Waals surface area contributed by atoms with E-state index < -0.39 is 30.2 Å². The number of nitrogens with zero attached hydrogens (tertiary/aromatic N) is 1. The molecule has 1 aromatic heterocycles. The number of amides is 1. The normalized spacial score (nSPS) is 17.9. The summed E-state index contributed by atoms with van der Waals surface area (Å²) in [6, 6.07) is 19.0. The zero-order valence-corrected chi connectivity index (χ0v) is 21.5. The monoisotopic (exact) mass is 500 g/mol. The number of carbonyl (C=O) groups excluding carboxylic acids is 1. The lowest BCUT2D eigenvalue weighted by atomic mass is 9.77. The van der Waals surface area contributed by atoms with Crippen LogP contribution in [0.1, 0.15) is 50.4 Å². The third kappa shape index (κ3) is 5.04. The van der Waals surface area contributed by atoms with Crippen molar-refractivity contribution in [3.05, 3.63) is 95.0 Å². The number of fused-ring (bicyclic) bond motifs is 3. The maximum Gasteiger partial charge on any atom is 0.492 e. The highest BCUT2D eigenvalue weighted by Crippen LogP contribution is 2.44. The molecule has 2 aromatic carbocycles. The molecule has 0 saturated carbocycles. The molecule has 3 aromatic rings. The van der Waals surface area contributed by atoms with Crippen LogP contribution in [0.2, 0.25) is 0 Å². The molecule has 1 aliphatic heterocycles. The highest BCUT2D eigenvalue weighted by Gasteiger charge is 2.52. The van der Waals surface area contributed by atoms with Crippen molar-refractivity contribution in [3.8, 4) is 11.1 Å². The topological polar surface area (TPSA) is 69.7 Å². The second kappa shape index (κ2) is 9.76. The highest BCUT2D eigenvalue weighted by molar-refractivity contribution is 6.56. The minimum atomic E-state index is -0.732. The van der Waals surface area contributed by atoms with E-state index >= 15 is 0 Å². The lowest BCUT2D eigenvalue weighted by molar-refractivity contribution is 0.00578. The van der Waals surface area contributed by atoms with Gasteiger partial charge in [0.1, 0.15) is 12.4 Å². The van der Waals surface area contributed by atoms with E-state index in [9.17, 15) is 9.18 Å². The van der Waals surface area contributed by atoms with Crippen molar-refractivity contribution in [2.45, 2.75) is 44.8 Å². The number of pyridine rings is 1. The molecule has 8 heteroatoms. The van der Waals surface area contributed by atoms with E-state index in [0.717, 1.165) is 11.1 Å². The van der Waals surface area contributed by atoms with Crippen molar-refractivity contribution in [2.24, 2.45) is 0 Å². The number of nitrogens with one attached hydrogen (secondary N) is 1. The van der Waals surface area contributed by atoms with Crippen LogP contribution in [0.3, 0.4) is 0 Å². The van der Waals surface area contributed by atoms with Gasteiger partial charge in [-0.15, -0.1) is 0 Å². The molecule has 1 aliphatic carbocycles. The largest absolute Gasteiger partial charge is 0.492 e. The van der Waals surface area contributed by atoms with Crippen molar-refractivity contribution >= 4 is 19.3 Å². The number of halogens is 1. The van der Waals surface area contributed by atoms with Gasteiger partial charge in [0.15, 0.2) is 0 Å². The standard InChI is InChI=1S/C29H30BFN2O4/c1-28(2)29(3,4)37-30(36-28)19(15-21-16-20(31)13-14-32-21)17-33-27(34)35-18-26-24-11-7-5-9-22(24)23-10-6-8-12-25(23)26/h5-16,26H,17-18H2,1-4H3,(H,33,34). The molecule has 1 N–H and O–H groups in total. The Hall–Kier alpha value is -3.49. The molecule has 1 fully saturated rings. The minimum Gasteiger partial charge on any atom is -0.449 e. The van der Waals surface area contributed by atoms with Crippen LogP contribution in [0.5, 0.6) is 0 Å². The summed E-state index contributed by atoms with van der Waals surface area (Å²) in [7, 11) is -0.732. The van der Waals surface area contributed by atoms with Gasteiger partial charge in [-0.05, 0) is 73.6 Å². The summed E-state index contributed by atoms with van der Waals surface area (Å²) in [6.45, 7) is 8.09. The zero-order valence-electron chi connectivity index (χ0n) is 21.5. The summed E-state index contributed by atoms with van der Waals surface area (Å²) in [5, 5.41) is 2.81. The predicted octanol–water partition coefficient (Wildman–Crippen LogP) is 5.77. The van der Waals surface area contributed by atoms with E-state index in [4.69, 9.17) is 14.0 Å². The summed E-state index contributed by atoms with van der Waals surface area (Å²) in [6.07, 6.45) is 2.51. The van der Waals surface area contributed by atoms with Gasteiger partial charge in [-0.1, -0.05) is 48.5 Å². The van der Waals surface area contributed by atoms with Crippen molar-refractivity contribution in [1.82, 2.24) is 10.3 Å². The molecule has 5 rings (SSSR count). The number of rotatable bonds is 6. The summed E-state index contributed by atoms with van der Waals surface area (Å²) >= 11 is 0. The molecule has 0 atom stereocenters. The van der Waals surface area contributed by atoms with Gasteiger partial charge in [-0.3, -0.25) is 4.98 Å². The van der Waals surface area contributed by atoms with Gasteiger partial charge >= 0.3 is 13.2 Å². The summed E-state index contributed by atoms with van der Waals surface area (Å²) < 4.78 is 31.8.